The molecular formula is C21H13BrF3N3O. The van der Waals surface area contributed by atoms with Crippen LogP contribution in [0.15, 0.2) is 76.9 Å². The summed E-state index contributed by atoms with van der Waals surface area (Å²) in [7, 11) is 0. The summed E-state index contributed by atoms with van der Waals surface area (Å²) >= 11 is 3.39. The normalized spacial score (nSPS) is 11.8. The average Bonchev–Trinajstić information content (AvgIpc) is 3.14. The van der Waals surface area contributed by atoms with Gasteiger partial charge in [0.25, 0.3) is 5.91 Å². The third kappa shape index (κ3) is 4.95. The minimum Gasteiger partial charge on any atom is -0.321 e. The van der Waals surface area contributed by atoms with Crippen molar-refractivity contribution in [1.29, 1.82) is 5.26 Å². The molecule has 0 aliphatic carbocycles. The summed E-state index contributed by atoms with van der Waals surface area (Å²) in [5.74, 6) is -0.797. The van der Waals surface area contributed by atoms with E-state index in [1.165, 1.54) is 18.2 Å². The molecule has 1 aromatic heterocycles. The minimum atomic E-state index is -4.53. The number of alkyl halides is 3. The molecule has 4 nitrogen and oxygen atoms in total. The van der Waals surface area contributed by atoms with E-state index in [1.54, 1.807) is 29.0 Å². The summed E-state index contributed by atoms with van der Waals surface area (Å²) in [6, 6.07) is 16.9. The number of rotatable bonds is 4. The Balaban J connectivity index is 1.88. The van der Waals surface area contributed by atoms with Gasteiger partial charge >= 0.3 is 6.18 Å². The molecule has 0 aliphatic heterocycles. The first-order valence-corrected chi connectivity index (χ1v) is 9.11. The third-order valence-electron chi connectivity index (χ3n) is 3.97. The zero-order valence-corrected chi connectivity index (χ0v) is 16.3. The molecule has 3 rings (SSSR count). The van der Waals surface area contributed by atoms with Gasteiger partial charge in [-0.15, -0.1) is 0 Å². The van der Waals surface area contributed by atoms with Crippen molar-refractivity contribution in [2.24, 2.45) is 0 Å². The Labute approximate surface area is 173 Å². The van der Waals surface area contributed by atoms with E-state index < -0.39 is 17.6 Å². The van der Waals surface area contributed by atoms with Gasteiger partial charge in [0, 0.05) is 27.7 Å². The van der Waals surface area contributed by atoms with Crippen LogP contribution in [0.4, 0.5) is 18.9 Å². The first-order valence-electron chi connectivity index (χ1n) is 8.31. The predicted molar refractivity (Wildman–Crippen MR) is 107 cm³/mol. The summed E-state index contributed by atoms with van der Waals surface area (Å²) in [5.41, 5.74) is 0.206. The SMILES string of the molecule is N#C/C(=C/c1cccn1-c1cccc(Br)c1)C(=O)Nc1cccc(C(F)(F)F)c1. The van der Waals surface area contributed by atoms with Crippen LogP contribution in [-0.2, 0) is 11.0 Å². The average molecular weight is 460 g/mol. The predicted octanol–water partition coefficient (Wildman–Crippen LogP) is 5.80. The Kier molecular flexibility index (Phi) is 5.89. The molecule has 0 spiro atoms. The zero-order chi connectivity index (χ0) is 21.0. The molecule has 29 heavy (non-hydrogen) atoms. The quantitative estimate of drug-likeness (QED) is 0.395. The zero-order valence-electron chi connectivity index (χ0n) is 14.7. The molecule has 1 amide bonds. The molecule has 0 fully saturated rings. The van der Waals surface area contributed by atoms with Gasteiger partial charge in [-0.2, -0.15) is 18.4 Å². The van der Waals surface area contributed by atoms with E-state index in [2.05, 4.69) is 21.2 Å². The summed E-state index contributed by atoms with van der Waals surface area (Å²) in [5, 5.41) is 11.7. The lowest BCUT2D eigenvalue weighted by atomic mass is 10.1. The van der Waals surface area contributed by atoms with Gasteiger partial charge in [0.05, 0.1) is 5.56 Å². The second kappa shape index (κ2) is 8.37. The molecule has 0 unspecified atom stereocenters. The number of benzene rings is 2. The van der Waals surface area contributed by atoms with Gasteiger partial charge in [0.15, 0.2) is 0 Å². The number of anilines is 1. The number of aromatic nitrogens is 1. The Hall–Kier alpha value is -3.31. The molecular weight excluding hydrogens is 447 g/mol. The van der Waals surface area contributed by atoms with E-state index in [0.29, 0.717) is 5.69 Å². The van der Waals surface area contributed by atoms with Gasteiger partial charge in [-0.1, -0.05) is 28.1 Å². The van der Waals surface area contributed by atoms with Crippen LogP contribution in [0.25, 0.3) is 11.8 Å². The fourth-order valence-electron chi connectivity index (χ4n) is 2.64. The van der Waals surface area contributed by atoms with Crippen LogP contribution in [0.2, 0.25) is 0 Å². The highest BCUT2D eigenvalue weighted by Crippen LogP contribution is 2.30. The molecule has 0 saturated carbocycles. The topological polar surface area (TPSA) is 57.8 Å². The number of carbonyl (C=O) groups excluding carboxylic acids is 1. The Morgan fingerprint density at radius 3 is 2.55 bits per heavy atom. The minimum absolute atomic E-state index is 0.0478. The Morgan fingerprint density at radius 1 is 1.10 bits per heavy atom. The van der Waals surface area contributed by atoms with Crippen molar-refractivity contribution in [1.82, 2.24) is 4.57 Å². The number of halogens is 4. The van der Waals surface area contributed by atoms with E-state index in [0.717, 1.165) is 22.3 Å². The van der Waals surface area contributed by atoms with Crippen LogP contribution < -0.4 is 5.32 Å². The standard InChI is InChI=1S/C21H13BrF3N3O/c22-16-5-2-7-19(12-16)28-9-3-8-18(28)10-14(13-26)20(29)27-17-6-1-4-15(11-17)21(23,24)25/h1-12H,(H,27,29)/b14-10-. The van der Waals surface area contributed by atoms with Crippen molar-refractivity contribution in [3.8, 4) is 11.8 Å². The van der Waals surface area contributed by atoms with E-state index in [1.807, 2.05) is 24.3 Å². The van der Waals surface area contributed by atoms with Crippen molar-refractivity contribution in [3.05, 3.63) is 88.2 Å². The van der Waals surface area contributed by atoms with Gasteiger partial charge in [-0.3, -0.25) is 4.79 Å². The molecule has 8 heteroatoms. The van der Waals surface area contributed by atoms with Gasteiger partial charge in [0.2, 0.25) is 0 Å². The van der Waals surface area contributed by atoms with E-state index >= 15 is 0 Å². The van der Waals surface area contributed by atoms with Crippen LogP contribution in [0, 0.1) is 11.3 Å². The monoisotopic (exact) mass is 459 g/mol. The van der Waals surface area contributed by atoms with Crippen LogP contribution in [0.5, 0.6) is 0 Å². The van der Waals surface area contributed by atoms with Crippen LogP contribution in [0.3, 0.4) is 0 Å². The van der Waals surface area contributed by atoms with Gasteiger partial charge in [0.1, 0.15) is 11.6 Å². The maximum atomic E-state index is 12.8. The van der Waals surface area contributed by atoms with Crippen LogP contribution in [-0.4, -0.2) is 10.5 Å². The van der Waals surface area contributed by atoms with Crippen LogP contribution in [0.1, 0.15) is 11.3 Å². The lowest BCUT2D eigenvalue weighted by Crippen LogP contribution is -2.14. The summed E-state index contributed by atoms with van der Waals surface area (Å²) < 4.78 is 41.1. The molecule has 0 radical (unpaired) electrons. The molecule has 2 aromatic carbocycles. The number of hydrogen-bond acceptors (Lipinski definition) is 2. The van der Waals surface area contributed by atoms with Crippen molar-refractivity contribution >= 4 is 33.6 Å². The second-order valence-corrected chi connectivity index (χ2v) is 6.90. The smallest absolute Gasteiger partial charge is 0.321 e. The molecule has 0 aliphatic rings. The maximum absolute atomic E-state index is 12.8. The number of nitrogens with zero attached hydrogens (tertiary/aromatic N) is 2. The first kappa shape index (κ1) is 20.4. The van der Waals surface area contributed by atoms with Gasteiger partial charge in [-0.05, 0) is 54.6 Å². The van der Waals surface area contributed by atoms with Crippen molar-refractivity contribution < 1.29 is 18.0 Å². The van der Waals surface area contributed by atoms with E-state index in [4.69, 9.17) is 0 Å². The van der Waals surface area contributed by atoms with Crippen LogP contribution >= 0.6 is 15.9 Å². The molecule has 3 aromatic rings. The second-order valence-electron chi connectivity index (χ2n) is 5.99. The third-order valence-corrected chi connectivity index (χ3v) is 4.46. The number of amides is 1. The van der Waals surface area contributed by atoms with E-state index in [9.17, 15) is 23.2 Å². The summed E-state index contributed by atoms with van der Waals surface area (Å²) in [6.07, 6.45) is -1.38. The van der Waals surface area contributed by atoms with Gasteiger partial charge in [-0.25, -0.2) is 0 Å². The Morgan fingerprint density at radius 2 is 1.86 bits per heavy atom. The lowest BCUT2D eigenvalue weighted by Gasteiger charge is -2.10. The highest BCUT2D eigenvalue weighted by molar-refractivity contribution is 9.10. The lowest BCUT2D eigenvalue weighted by molar-refractivity contribution is -0.137. The number of nitriles is 1. The van der Waals surface area contributed by atoms with Crippen molar-refractivity contribution in [3.63, 3.8) is 0 Å². The van der Waals surface area contributed by atoms with Gasteiger partial charge < -0.3 is 9.88 Å². The summed E-state index contributed by atoms with van der Waals surface area (Å²) in [6.45, 7) is 0. The number of hydrogen-bond donors (Lipinski definition) is 1. The Bertz CT molecular complexity index is 1130. The van der Waals surface area contributed by atoms with Crippen molar-refractivity contribution in [2.45, 2.75) is 6.18 Å². The molecule has 0 saturated heterocycles. The summed E-state index contributed by atoms with van der Waals surface area (Å²) in [4.78, 5) is 12.4. The van der Waals surface area contributed by atoms with E-state index in [-0.39, 0.29) is 11.3 Å². The first-order chi connectivity index (χ1) is 13.8. The van der Waals surface area contributed by atoms with Crippen molar-refractivity contribution in [2.75, 3.05) is 5.32 Å². The fourth-order valence-corrected chi connectivity index (χ4v) is 3.03. The molecule has 1 heterocycles. The molecule has 0 atom stereocenters. The largest absolute Gasteiger partial charge is 0.416 e. The molecule has 146 valence electrons. The number of nitrogens with one attached hydrogen (secondary N) is 1. The molecule has 1 N–H and O–H groups in total. The number of carbonyl (C=O) groups is 1. The highest BCUT2D eigenvalue weighted by atomic mass is 79.9. The highest BCUT2D eigenvalue weighted by Gasteiger charge is 2.30. The maximum Gasteiger partial charge on any atom is 0.416 e. The fraction of sp³-hybridized carbons (Fsp3) is 0.0476. The molecule has 0 bridgehead atoms.